The third-order valence-electron chi connectivity index (χ3n) is 2.95. The van der Waals surface area contributed by atoms with Crippen LogP contribution in [0, 0.1) is 0 Å². The van der Waals surface area contributed by atoms with Gasteiger partial charge in [0.1, 0.15) is 5.78 Å². The van der Waals surface area contributed by atoms with Gasteiger partial charge < -0.3 is 9.53 Å². The number of carbonyl (C=O) groups excluding carboxylic acids is 1. The van der Waals surface area contributed by atoms with Crippen LogP contribution in [-0.4, -0.2) is 17.5 Å². The van der Waals surface area contributed by atoms with Gasteiger partial charge in [0.05, 0.1) is 11.7 Å². The Bertz CT molecular complexity index is 193. The summed E-state index contributed by atoms with van der Waals surface area (Å²) in [6.07, 6.45) is 6.35. The van der Waals surface area contributed by atoms with Crippen LogP contribution in [0.5, 0.6) is 0 Å². The summed E-state index contributed by atoms with van der Waals surface area (Å²) in [5, 5.41) is 0. The van der Waals surface area contributed by atoms with Gasteiger partial charge in [-0.3, -0.25) is 0 Å². The number of carbonyl (C=O) groups is 1. The second-order valence-corrected chi connectivity index (χ2v) is 5.23. The van der Waals surface area contributed by atoms with Crippen molar-refractivity contribution in [2.24, 2.45) is 0 Å². The molecule has 0 aromatic heterocycles. The van der Waals surface area contributed by atoms with Crippen molar-refractivity contribution in [2.45, 2.75) is 84.8 Å². The molecule has 0 fully saturated rings. The maximum absolute atomic E-state index is 10.8. The van der Waals surface area contributed by atoms with Crippen molar-refractivity contribution in [2.75, 3.05) is 0 Å². The number of ketones is 1. The number of hydrogen-bond acceptors (Lipinski definition) is 2. The van der Waals surface area contributed by atoms with E-state index in [1.54, 1.807) is 6.92 Å². The molecule has 96 valence electrons. The van der Waals surface area contributed by atoms with Gasteiger partial charge in [-0.05, 0) is 46.5 Å². The van der Waals surface area contributed by atoms with Gasteiger partial charge in [-0.15, -0.1) is 0 Å². The van der Waals surface area contributed by atoms with E-state index in [-0.39, 0.29) is 5.60 Å². The van der Waals surface area contributed by atoms with Crippen LogP contribution in [0.25, 0.3) is 0 Å². The molecule has 0 saturated carbocycles. The van der Waals surface area contributed by atoms with E-state index in [4.69, 9.17) is 4.74 Å². The summed E-state index contributed by atoms with van der Waals surface area (Å²) < 4.78 is 6.06. The lowest BCUT2D eigenvalue weighted by molar-refractivity contribution is -0.117. The van der Waals surface area contributed by atoms with Crippen LogP contribution in [0.4, 0.5) is 0 Å². The first-order valence-electron chi connectivity index (χ1n) is 6.58. The van der Waals surface area contributed by atoms with Gasteiger partial charge in [0.15, 0.2) is 0 Å². The molecule has 2 heteroatoms. The maximum atomic E-state index is 10.8. The minimum Gasteiger partial charge on any atom is -0.372 e. The summed E-state index contributed by atoms with van der Waals surface area (Å²) in [7, 11) is 0. The van der Waals surface area contributed by atoms with E-state index in [0.29, 0.717) is 18.3 Å². The minimum atomic E-state index is -0.0481. The molecule has 0 aliphatic heterocycles. The zero-order valence-corrected chi connectivity index (χ0v) is 11.6. The Kier molecular flexibility index (Phi) is 7.65. The average Bonchev–Trinajstić information content (AvgIpc) is 2.21. The van der Waals surface area contributed by atoms with E-state index in [2.05, 4.69) is 27.7 Å². The molecular formula is C14H28O2. The number of ether oxygens (including phenoxy) is 1. The second kappa shape index (κ2) is 7.83. The van der Waals surface area contributed by atoms with Crippen LogP contribution in [0.1, 0.15) is 73.1 Å². The number of Topliss-reactive ketones (excluding diaryl/α,β-unsaturated/α-hetero) is 1. The van der Waals surface area contributed by atoms with Crippen molar-refractivity contribution in [3.63, 3.8) is 0 Å². The first-order chi connectivity index (χ1) is 7.41. The Hall–Kier alpha value is -0.370. The summed E-state index contributed by atoms with van der Waals surface area (Å²) in [4.78, 5) is 10.8. The fraction of sp³-hybridized carbons (Fsp3) is 0.929. The summed E-state index contributed by atoms with van der Waals surface area (Å²) in [6, 6.07) is 0. The van der Waals surface area contributed by atoms with E-state index < -0.39 is 0 Å². The topological polar surface area (TPSA) is 26.3 Å². The first-order valence-corrected chi connectivity index (χ1v) is 6.58. The smallest absolute Gasteiger partial charge is 0.129 e. The molecule has 0 spiro atoms. The van der Waals surface area contributed by atoms with E-state index in [1.165, 1.54) is 0 Å². The predicted molar refractivity (Wildman–Crippen MR) is 68.7 cm³/mol. The van der Waals surface area contributed by atoms with Gasteiger partial charge in [0.2, 0.25) is 0 Å². The van der Waals surface area contributed by atoms with Crippen LogP contribution in [0.3, 0.4) is 0 Å². The van der Waals surface area contributed by atoms with E-state index in [1.807, 2.05) is 0 Å². The fourth-order valence-corrected chi connectivity index (χ4v) is 1.89. The summed E-state index contributed by atoms with van der Waals surface area (Å²) in [5.41, 5.74) is -0.0481. The van der Waals surface area contributed by atoms with Crippen molar-refractivity contribution in [1.82, 2.24) is 0 Å². The summed E-state index contributed by atoms with van der Waals surface area (Å²) in [6.45, 7) is 10.3. The monoisotopic (exact) mass is 228 g/mol. The summed E-state index contributed by atoms with van der Waals surface area (Å²) in [5.74, 6) is 0.290. The standard InChI is InChI=1S/C14H28O2/c1-6-13(7-2)16-14(4,5)11-9-8-10-12(3)15/h13H,6-11H2,1-5H3. The van der Waals surface area contributed by atoms with Crippen molar-refractivity contribution in [3.8, 4) is 0 Å². The Morgan fingerprint density at radius 2 is 1.75 bits per heavy atom. The third-order valence-corrected chi connectivity index (χ3v) is 2.95. The van der Waals surface area contributed by atoms with E-state index >= 15 is 0 Å². The zero-order chi connectivity index (χ0) is 12.6. The van der Waals surface area contributed by atoms with E-state index in [9.17, 15) is 4.79 Å². The van der Waals surface area contributed by atoms with Gasteiger partial charge in [0.25, 0.3) is 0 Å². The highest BCUT2D eigenvalue weighted by Gasteiger charge is 2.21. The molecule has 0 atom stereocenters. The molecule has 16 heavy (non-hydrogen) atoms. The van der Waals surface area contributed by atoms with Gasteiger partial charge in [-0.2, -0.15) is 0 Å². The lowest BCUT2D eigenvalue weighted by Crippen LogP contribution is -2.30. The molecule has 0 aliphatic rings. The molecule has 0 unspecified atom stereocenters. The molecule has 2 nitrogen and oxygen atoms in total. The zero-order valence-electron chi connectivity index (χ0n) is 11.6. The molecule has 0 heterocycles. The second-order valence-electron chi connectivity index (χ2n) is 5.23. The molecule has 0 saturated heterocycles. The Morgan fingerprint density at radius 1 is 1.19 bits per heavy atom. The molecular weight excluding hydrogens is 200 g/mol. The van der Waals surface area contributed by atoms with Crippen molar-refractivity contribution < 1.29 is 9.53 Å². The molecule has 0 aromatic carbocycles. The molecule has 0 amide bonds. The van der Waals surface area contributed by atoms with Gasteiger partial charge in [0, 0.05) is 6.42 Å². The number of unbranched alkanes of at least 4 members (excludes halogenated alkanes) is 1. The highest BCUT2D eigenvalue weighted by molar-refractivity contribution is 5.75. The summed E-state index contributed by atoms with van der Waals surface area (Å²) >= 11 is 0. The number of hydrogen-bond donors (Lipinski definition) is 0. The van der Waals surface area contributed by atoms with E-state index in [0.717, 1.165) is 32.1 Å². The predicted octanol–water partition coefficient (Wildman–Crippen LogP) is 4.12. The quantitative estimate of drug-likeness (QED) is 0.555. The normalized spacial score (nSPS) is 12.1. The SMILES string of the molecule is CCC(CC)OC(C)(C)CCCCC(C)=O. The molecule has 0 radical (unpaired) electrons. The number of rotatable bonds is 9. The molecule has 0 N–H and O–H groups in total. The van der Waals surface area contributed by atoms with Crippen molar-refractivity contribution >= 4 is 5.78 Å². The minimum absolute atomic E-state index is 0.0481. The molecule has 0 aromatic rings. The van der Waals surface area contributed by atoms with Gasteiger partial charge in [-0.25, -0.2) is 0 Å². The van der Waals surface area contributed by atoms with Gasteiger partial charge >= 0.3 is 0 Å². The maximum Gasteiger partial charge on any atom is 0.129 e. The first kappa shape index (κ1) is 15.6. The Labute approximate surface area is 101 Å². The van der Waals surface area contributed by atoms with Crippen LogP contribution in [0.15, 0.2) is 0 Å². The van der Waals surface area contributed by atoms with Crippen molar-refractivity contribution in [3.05, 3.63) is 0 Å². The van der Waals surface area contributed by atoms with Gasteiger partial charge in [-0.1, -0.05) is 20.3 Å². The molecule has 0 bridgehead atoms. The molecule has 0 rings (SSSR count). The Morgan fingerprint density at radius 3 is 2.19 bits per heavy atom. The fourth-order valence-electron chi connectivity index (χ4n) is 1.89. The Balaban J connectivity index is 3.81. The van der Waals surface area contributed by atoms with Crippen LogP contribution < -0.4 is 0 Å². The largest absolute Gasteiger partial charge is 0.372 e. The lowest BCUT2D eigenvalue weighted by atomic mass is 9.99. The highest BCUT2D eigenvalue weighted by Crippen LogP contribution is 2.22. The highest BCUT2D eigenvalue weighted by atomic mass is 16.5. The average molecular weight is 228 g/mol. The lowest BCUT2D eigenvalue weighted by Gasteiger charge is -2.30. The molecule has 0 aliphatic carbocycles. The van der Waals surface area contributed by atoms with Crippen LogP contribution in [0.2, 0.25) is 0 Å². The van der Waals surface area contributed by atoms with Crippen LogP contribution in [-0.2, 0) is 9.53 Å². The van der Waals surface area contributed by atoms with Crippen LogP contribution >= 0.6 is 0 Å². The van der Waals surface area contributed by atoms with Crippen molar-refractivity contribution in [1.29, 1.82) is 0 Å². The third kappa shape index (κ3) is 7.86.